The van der Waals surface area contributed by atoms with E-state index in [2.05, 4.69) is 0 Å². The number of carbonyl (C=O) groups is 3. The molecule has 1 aliphatic rings. The minimum absolute atomic E-state index is 0.0118. The standard InChI is InChI=1S/C13H16N2O3S/c1-3-9-4-5-11(19-9)10(16)8-15-7-6-14(2)12(17)13(15)18/h4-5H,3,6-8H2,1-2H3. The van der Waals surface area contributed by atoms with E-state index in [1.165, 1.54) is 21.1 Å². The average Bonchev–Trinajstić information content (AvgIpc) is 2.88. The third kappa shape index (κ3) is 2.84. The number of ketones is 1. The summed E-state index contributed by atoms with van der Waals surface area (Å²) in [6, 6.07) is 3.71. The SMILES string of the molecule is CCc1ccc(C(=O)CN2CCN(C)C(=O)C2=O)s1. The Balaban J connectivity index is 2.03. The normalized spacial score (nSPS) is 16.1. The lowest BCUT2D eigenvalue weighted by Gasteiger charge is -2.30. The van der Waals surface area contributed by atoms with Gasteiger partial charge in [0.25, 0.3) is 0 Å². The Bertz CT molecular complexity index is 524. The summed E-state index contributed by atoms with van der Waals surface area (Å²) in [6.07, 6.45) is 0.893. The molecule has 1 aromatic heterocycles. The molecule has 2 amide bonds. The second-order valence-electron chi connectivity index (χ2n) is 4.50. The maximum absolute atomic E-state index is 12.1. The molecule has 102 valence electrons. The number of carbonyl (C=O) groups excluding carboxylic acids is 3. The summed E-state index contributed by atoms with van der Waals surface area (Å²) >= 11 is 1.45. The lowest BCUT2D eigenvalue weighted by atomic mass is 10.2. The molecule has 0 radical (unpaired) electrons. The number of Topliss-reactive ketones (excluding diaryl/α,β-unsaturated/α-hetero) is 1. The van der Waals surface area contributed by atoms with Gasteiger partial charge in [-0.15, -0.1) is 11.3 Å². The van der Waals surface area contributed by atoms with Gasteiger partial charge in [-0.2, -0.15) is 0 Å². The molecule has 0 bridgehead atoms. The molecule has 1 aliphatic heterocycles. The Hall–Kier alpha value is -1.69. The Morgan fingerprint density at radius 1 is 1.26 bits per heavy atom. The van der Waals surface area contributed by atoms with Crippen molar-refractivity contribution in [2.45, 2.75) is 13.3 Å². The van der Waals surface area contributed by atoms with Crippen molar-refractivity contribution < 1.29 is 14.4 Å². The topological polar surface area (TPSA) is 57.7 Å². The average molecular weight is 280 g/mol. The number of likely N-dealkylation sites (N-methyl/N-ethyl adjacent to an activating group) is 1. The van der Waals surface area contributed by atoms with Gasteiger partial charge < -0.3 is 9.80 Å². The molecule has 0 aromatic carbocycles. The molecule has 1 aromatic rings. The van der Waals surface area contributed by atoms with E-state index >= 15 is 0 Å². The van der Waals surface area contributed by atoms with Crippen LogP contribution in [0.2, 0.25) is 0 Å². The molecular formula is C13H16N2O3S. The second-order valence-corrected chi connectivity index (χ2v) is 5.66. The molecular weight excluding hydrogens is 264 g/mol. The van der Waals surface area contributed by atoms with Crippen molar-refractivity contribution in [3.05, 3.63) is 21.9 Å². The molecule has 19 heavy (non-hydrogen) atoms. The van der Waals surface area contributed by atoms with Crippen molar-refractivity contribution in [3.63, 3.8) is 0 Å². The molecule has 6 heteroatoms. The lowest BCUT2D eigenvalue weighted by molar-refractivity contribution is -0.154. The van der Waals surface area contributed by atoms with E-state index in [9.17, 15) is 14.4 Å². The van der Waals surface area contributed by atoms with Crippen molar-refractivity contribution in [3.8, 4) is 0 Å². The molecule has 0 N–H and O–H groups in total. The van der Waals surface area contributed by atoms with Gasteiger partial charge in [0.2, 0.25) is 0 Å². The van der Waals surface area contributed by atoms with E-state index in [1.807, 2.05) is 13.0 Å². The van der Waals surface area contributed by atoms with Crippen molar-refractivity contribution in [1.82, 2.24) is 9.80 Å². The molecule has 1 fully saturated rings. The maximum atomic E-state index is 12.1. The Morgan fingerprint density at radius 3 is 2.63 bits per heavy atom. The summed E-state index contributed by atoms with van der Waals surface area (Å²) in [5, 5.41) is 0. The maximum Gasteiger partial charge on any atom is 0.312 e. The predicted molar refractivity (Wildman–Crippen MR) is 72.2 cm³/mol. The molecule has 0 aliphatic carbocycles. The van der Waals surface area contributed by atoms with Gasteiger partial charge in [0.1, 0.15) is 0 Å². The molecule has 2 rings (SSSR count). The number of nitrogens with zero attached hydrogens (tertiary/aromatic N) is 2. The highest BCUT2D eigenvalue weighted by Crippen LogP contribution is 2.18. The number of hydrogen-bond acceptors (Lipinski definition) is 4. The number of hydrogen-bond donors (Lipinski definition) is 0. The summed E-state index contributed by atoms with van der Waals surface area (Å²) in [7, 11) is 1.59. The zero-order chi connectivity index (χ0) is 14.0. The summed E-state index contributed by atoms with van der Waals surface area (Å²) in [4.78, 5) is 39.8. The van der Waals surface area contributed by atoms with Gasteiger partial charge in [-0.05, 0) is 18.6 Å². The molecule has 0 saturated carbocycles. The number of aryl methyl sites for hydroxylation is 1. The van der Waals surface area contributed by atoms with Crippen LogP contribution in [0.4, 0.5) is 0 Å². The lowest BCUT2D eigenvalue weighted by Crippen LogP contribution is -2.53. The van der Waals surface area contributed by atoms with Crippen LogP contribution in [0.1, 0.15) is 21.5 Å². The van der Waals surface area contributed by atoms with Crippen LogP contribution in [0.5, 0.6) is 0 Å². The highest BCUT2D eigenvalue weighted by atomic mass is 32.1. The molecule has 5 nitrogen and oxygen atoms in total. The van der Waals surface area contributed by atoms with Crippen LogP contribution in [0.3, 0.4) is 0 Å². The van der Waals surface area contributed by atoms with Gasteiger partial charge in [0, 0.05) is 25.0 Å². The molecule has 2 heterocycles. The summed E-state index contributed by atoms with van der Waals surface area (Å²) in [5.74, 6) is -1.23. The van der Waals surface area contributed by atoms with Gasteiger partial charge in [-0.3, -0.25) is 14.4 Å². The van der Waals surface area contributed by atoms with Crippen LogP contribution < -0.4 is 0 Å². The number of amides is 2. The van der Waals surface area contributed by atoms with Crippen molar-refractivity contribution in [2.75, 3.05) is 26.7 Å². The van der Waals surface area contributed by atoms with Gasteiger partial charge in [0.15, 0.2) is 5.78 Å². The van der Waals surface area contributed by atoms with Gasteiger partial charge in [0.05, 0.1) is 11.4 Å². The van der Waals surface area contributed by atoms with E-state index in [0.29, 0.717) is 18.0 Å². The fraction of sp³-hybridized carbons (Fsp3) is 0.462. The van der Waals surface area contributed by atoms with Crippen LogP contribution in [0.15, 0.2) is 12.1 Å². The van der Waals surface area contributed by atoms with Crippen LogP contribution in [0.25, 0.3) is 0 Å². The first-order chi connectivity index (χ1) is 9.02. The van der Waals surface area contributed by atoms with Gasteiger partial charge in [-0.1, -0.05) is 6.92 Å². The number of rotatable bonds is 4. The first kappa shape index (κ1) is 13.7. The Kier molecular flexibility index (Phi) is 3.99. The van der Waals surface area contributed by atoms with Gasteiger partial charge in [-0.25, -0.2) is 0 Å². The smallest absolute Gasteiger partial charge is 0.312 e. The third-order valence-corrected chi connectivity index (χ3v) is 4.41. The predicted octanol–water partition coefficient (Wildman–Crippen LogP) is 0.794. The van der Waals surface area contributed by atoms with Crippen molar-refractivity contribution in [2.24, 2.45) is 0 Å². The van der Waals surface area contributed by atoms with E-state index < -0.39 is 11.8 Å². The van der Waals surface area contributed by atoms with Gasteiger partial charge >= 0.3 is 11.8 Å². The third-order valence-electron chi connectivity index (χ3n) is 3.14. The van der Waals surface area contributed by atoms with Crippen LogP contribution in [-0.2, 0) is 16.0 Å². The quantitative estimate of drug-likeness (QED) is 0.605. The molecule has 0 atom stereocenters. The summed E-state index contributed by atoms with van der Waals surface area (Å²) < 4.78 is 0. The largest absolute Gasteiger partial charge is 0.336 e. The first-order valence-electron chi connectivity index (χ1n) is 6.19. The van der Waals surface area contributed by atoms with Crippen LogP contribution >= 0.6 is 11.3 Å². The first-order valence-corrected chi connectivity index (χ1v) is 7.01. The monoisotopic (exact) mass is 280 g/mol. The van der Waals surface area contributed by atoms with E-state index in [4.69, 9.17) is 0 Å². The van der Waals surface area contributed by atoms with Crippen LogP contribution in [-0.4, -0.2) is 54.1 Å². The van der Waals surface area contributed by atoms with E-state index in [1.54, 1.807) is 13.1 Å². The molecule has 1 saturated heterocycles. The van der Waals surface area contributed by atoms with Crippen molar-refractivity contribution >= 4 is 28.9 Å². The minimum atomic E-state index is -0.589. The van der Waals surface area contributed by atoms with Crippen molar-refractivity contribution in [1.29, 1.82) is 0 Å². The highest BCUT2D eigenvalue weighted by Gasteiger charge is 2.31. The minimum Gasteiger partial charge on any atom is -0.336 e. The highest BCUT2D eigenvalue weighted by molar-refractivity contribution is 7.14. The summed E-state index contributed by atoms with van der Waals surface area (Å²) in [5.41, 5.74) is 0. The zero-order valence-corrected chi connectivity index (χ0v) is 11.8. The molecule has 0 spiro atoms. The fourth-order valence-electron chi connectivity index (χ4n) is 1.89. The van der Waals surface area contributed by atoms with E-state index in [0.717, 1.165) is 11.3 Å². The fourth-order valence-corrected chi connectivity index (χ4v) is 2.77. The Labute approximate surface area is 115 Å². The second kappa shape index (κ2) is 5.52. The summed E-state index contributed by atoms with van der Waals surface area (Å²) in [6.45, 7) is 2.91. The van der Waals surface area contributed by atoms with E-state index in [-0.39, 0.29) is 12.3 Å². The number of piperazine rings is 1. The zero-order valence-electron chi connectivity index (χ0n) is 11.0. The Morgan fingerprint density at radius 2 is 2.00 bits per heavy atom. The van der Waals surface area contributed by atoms with Crippen LogP contribution in [0, 0.1) is 0 Å². The number of thiophene rings is 1. The molecule has 0 unspecified atom stereocenters.